The maximum Gasteiger partial charge on any atom is 0.248 e. The fourth-order valence-electron chi connectivity index (χ4n) is 2.36. The van der Waals surface area contributed by atoms with Gasteiger partial charge < -0.3 is 5.32 Å². The number of anilines is 2. The van der Waals surface area contributed by atoms with Gasteiger partial charge in [-0.25, -0.2) is 9.67 Å². The number of hydrogen-bond donors (Lipinski definition) is 2. The van der Waals surface area contributed by atoms with Crippen molar-refractivity contribution in [2.24, 2.45) is 0 Å². The lowest BCUT2D eigenvalue weighted by atomic mass is 10.1. The fourth-order valence-corrected chi connectivity index (χ4v) is 2.56. The minimum absolute atomic E-state index is 0.470. The number of aryl methyl sites for hydroxylation is 2. The summed E-state index contributed by atoms with van der Waals surface area (Å²) in [5.74, 6) is 0.481. The predicted molar refractivity (Wildman–Crippen MR) is 101 cm³/mol. The van der Waals surface area contributed by atoms with Gasteiger partial charge in [-0.3, -0.25) is 5.32 Å². The van der Waals surface area contributed by atoms with Gasteiger partial charge in [0.05, 0.1) is 6.54 Å². The van der Waals surface area contributed by atoms with Gasteiger partial charge in [-0.1, -0.05) is 42.5 Å². The molecule has 1 aromatic heterocycles. The van der Waals surface area contributed by atoms with E-state index in [2.05, 4.69) is 39.8 Å². The number of rotatable bonds is 4. The molecule has 0 fully saturated rings. The van der Waals surface area contributed by atoms with E-state index in [1.807, 2.05) is 43.3 Å². The van der Waals surface area contributed by atoms with Crippen LogP contribution in [-0.4, -0.2) is 19.9 Å². The Labute approximate surface area is 146 Å². The second-order valence-corrected chi connectivity index (χ2v) is 5.99. The Morgan fingerprint density at radius 2 is 1.71 bits per heavy atom. The first kappa shape index (κ1) is 16.1. The molecule has 122 valence electrons. The third-order valence-corrected chi connectivity index (χ3v) is 3.95. The van der Waals surface area contributed by atoms with E-state index in [0.717, 1.165) is 11.3 Å². The molecule has 6 heteroatoms. The topological polar surface area (TPSA) is 54.8 Å². The fraction of sp³-hybridized carbons (Fsp3) is 0.167. The van der Waals surface area contributed by atoms with Crippen molar-refractivity contribution in [1.82, 2.24) is 14.8 Å². The van der Waals surface area contributed by atoms with E-state index in [4.69, 9.17) is 12.2 Å². The van der Waals surface area contributed by atoms with E-state index in [-0.39, 0.29) is 0 Å². The van der Waals surface area contributed by atoms with Crippen LogP contribution in [0.5, 0.6) is 0 Å². The second-order valence-electron chi connectivity index (χ2n) is 5.59. The van der Waals surface area contributed by atoms with Gasteiger partial charge in [0, 0.05) is 5.69 Å². The van der Waals surface area contributed by atoms with Crippen LogP contribution in [0.15, 0.2) is 54.9 Å². The molecule has 5 nitrogen and oxygen atoms in total. The standard InChI is InChI=1S/C18H19N5S/c1-13-7-3-5-9-15(13)11-23-12-19-17(22-23)21-18(24)20-16-10-6-4-8-14(16)2/h3-10,12H,11H2,1-2H3,(H2,20,21,22,24). The Balaban J connectivity index is 1.63. The van der Waals surface area contributed by atoms with Crippen molar-refractivity contribution in [2.45, 2.75) is 20.4 Å². The first-order valence-corrected chi connectivity index (χ1v) is 8.10. The van der Waals surface area contributed by atoms with E-state index in [1.165, 1.54) is 11.1 Å². The molecule has 24 heavy (non-hydrogen) atoms. The normalized spacial score (nSPS) is 10.4. The molecule has 1 heterocycles. The molecule has 0 unspecified atom stereocenters. The predicted octanol–water partition coefficient (Wildman–Crippen LogP) is 3.75. The summed E-state index contributed by atoms with van der Waals surface area (Å²) < 4.78 is 1.79. The average Bonchev–Trinajstić information content (AvgIpc) is 2.99. The number of para-hydroxylation sites is 1. The van der Waals surface area contributed by atoms with Crippen molar-refractivity contribution in [3.8, 4) is 0 Å². The Hall–Kier alpha value is -2.73. The van der Waals surface area contributed by atoms with Crippen LogP contribution in [0.3, 0.4) is 0 Å². The highest BCUT2D eigenvalue weighted by Gasteiger charge is 2.06. The molecule has 0 atom stereocenters. The van der Waals surface area contributed by atoms with Gasteiger partial charge in [0.1, 0.15) is 6.33 Å². The van der Waals surface area contributed by atoms with Gasteiger partial charge in [-0.05, 0) is 48.8 Å². The third-order valence-electron chi connectivity index (χ3n) is 3.75. The Bertz CT molecular complexity index is 856. The minimum atomic E-state index is 0.470. The molecule has 0 bridgehead atoms. The van der Waals surface area contributed by atoms with Crippen LogP contribution in [-0.2, 0) is 6.54 Å². The van der Waals surface area contributed by atoms with Crippen LogP contribution in [0.2, 0.25) is 0 Å². The van der Waals surface area contributed by atoms with Crippen molar-refractivity contribution in [3.05, 3.63) is 71.5 Å². The molecule has 0 saturated heterocycles. The molecule has 0 aliphatic rings. The van der Waals surface area contributed by atoms with Crippen molar-refractivity contribution in [2.75, 3.05) is 10.6 Å². The molecule has 3 aromatic rings. The molecule has 0 saturated carbocycles. The highest BCUT2D eigenvalue weighted by molar-refractivity contribution is 7.80. The lowest BCUT2D eigenvalue weighted by Crippen LogP contribution is -2.20. The second kappa shape index (κ2) is 7.23. The smallest absolute Gasteiger partial charge is 0.248 e. The zero-order valence-corrected chi connectivity index (χ0v) is 14.5. The quantitative estimate of drug-likeness (QED) is 0.710. The number of nitrogens with zero attached hydrogens (tertiary/aromatic N) is 3. The summed E-state index contributed by atoms with van der Waals surface area (Å²) in [5, 5.41) is 11.1. The minimum Gasteiger partial charge on any atom is -0.332 e. The molecule has 2 aromatic carbocycles. The Kier molecular flexibility index (Phi) is 4.86. The molecule has 2 N–H and O–H groups in total. The number of hydrogen-bond acceptors (Lipinski definition) is 3. The van der Waals surface area contributed by atoms with Gasteiger partial charge in [-0.2, -0.15) is 0 Å². The van der Waals surface area contributed by atoms with Gasteiger partial charge in [0.25, 0.3) is 0 Å². The zero-order chi connectivity index (χ0) is 16.9. The van der Waals surface area contributed by atoms with E-state index >= 15 is 0 Å². The molecular formula is C18H19N5S. The van der Waals surface area contributed by atoms with Crippen LogP contribution >= 0.6 is 12.2 Å². The molecule has 0 spiro atoms. The van der Waals surface area contributed by atoms with E-state index in [0.29, 0.717) is 17.6 Å². The molecule has 0 aliphatic carbocycles. The van der Waals surface area contributed by atoms with Gasteiger partial charge in [0.15, 0.2) is 5.11 Å². The van der Waals surface area contributed by atoms with E-state index in [9.17, 15) is 0 Å². The van der Waals surface area contributed by atoms with Crippen molar-refractivity contribution in [1.29, 1.82) is 0 Å². The first-order chi connectivity index (χ1) is 11.6. The first-order valence-electron chi connectivity index (χ1n) is 7.69. The van der Waals surface area contributed by atoms with Crippen molar-refractivity contribution >= 4 is 29.0 Å². The largest absolute Gasteiger partial charge is 0.332 e. The molecule has 0 radical (unpaired) electrons. The van der Waals surface area contributed by atoms with Crippen LogP contribution in [0.25, 0.3) is 0 Å². The summed E-state index contributed by atoms with van der Waals surface area (Å²) in [5.41, 5.74) is 4.54. The zero-order valence-electron chi connectivity index (χ0n) is 13.7. The summed E-state index contributed by atoms with van der Waals surface area (Å²) in [7, 11) is 0. The summed E-state index contributed by atoms with van der Waals surface area (Å²) >= 11 is 5.33. The summed E-state index contributed by atoms with van der Waals surface area (Å²) in [4.78, 5) is 4.26. The Morgan fingerprint density at radius 1 is 1.00 bits per heavy atom. The monoisotopic (exact) mass is 337 g/mol. The van der Waals surface area contributed by atoms with E-state index in [1.54, 1.807) is 11.0 Å². The van der Waals surface area contributed by atoms with E-state index < -0.39 is 0 Å². The maximum atomic E-state index is 5.33. The highest BCUT2D eigenvalue weighted by Crippen LogP contribution is 2.13. The summed E-state index contributed by atoms with van der Waals surface area (Å²) in [6.45, 7) is 4.80. The third kappa shape index (κ3) is 3.97. The molecule has 0 amide bonds. The number of nitrogens with one attached hydrogen (secondary N) is 2. The van der Waals surface area contributed by atoms with Crippen molar-refractivity contribution in [3.63, 3.8) is 0 Å². The molecular weight excluding hydrogens is 318 g/mol. The SMILES string of the molecule is Cc1ccccc1Cn1cnc(NC(=S)Nc2ccccc2C)n1. The highest BCUT2D eigenvalue weighted by atomic mass is 32.1. The number of benzene rings is 2. The summed E-state index contributed by atoms with van der Waals surface area (Å²) in [6, 6.07) is 16.2. The van der Waals surface area contributed by atoms with Crippen LogP contribution < -0.4 is 10.6 Å². The number of aromatic nitrogens is 3. The molecule has 3 rings (SSSR count). The van der Waals surface area contributed by atoms with Crippen LogP contribution in [0, 0.1) is 13.8 Å². The maximum absolute atomic E-state index is 5.33. The summed E-state index contributed by atoms with van der Waals surface area (Å²) in [6.07, 6.45) is 1.70. The van der Waals surface area contributed by atoms with Gasteiger partial charge >= 0.3 is 0 Å². The molecule has 0 aliphatic heterocycles. The van der Waals surface area contributed by atoms with Crippen molar-refractivity contribution < 1.29 is 0 Å². The Morgan fingerprint density at radius 3 is 2.46 bits per heavy atom. The lowest BCUT2D eigenvalue weighted by molar-refractivity contribution is 0.684. The average molecular weight is 337 g/mol. The van der Waals surface area contributed by atoms with Gasteiger partial charge in [0.2, 0.25) is 5.95 Å². The van der Waals surface area contributed by atoms with Crippen LogP contribution in [0.4, 0.5) is 11.6 Å². The van der Waals surface area contributed by atoms with Crippen LogP contribution in [0.1, 0.15) is 16.7 Å². The number of thiocarbonyl (C=S) groups is 1. The van der Waals surface area contributed by atoms with Gasteiger partial charge in [-0.15, -0.1) is 5.10 Å². The lowest BCUT2D eigenvalue weighted by Gasteiger charge is -2.10.